The molecule has 0 aromatic heterocycles. The number of nitrogens with zero attached hydrogens (tertiary/aromatic N) is 2. The van der Waals surface area contributed by atoms with Crippen LogP contribution in [0.25, 0.3) is 0 Å². The summed E-state index contributed by atoms with van der Waals surface area (Å²) in [6.07, 6.45) is 6.40. The predicted molar refractivity (Wildman–Crippen MR) is 79.1 cm³/mol. The first-order valence-corrected chi connectivity index (χ1v) is 9.46. The van der Waals surface area contributed by atoms with Crippen LogP contribution in [0.2, 0.25) is 0 Å². The highest BCUT2D eigenvalue weighted by Gasteiger charge is 2.69. The van der Waals surface area contributed by atoms with Gasteiger partial charge < -0.3 is 4.48 Å². The van der Waals surface area contributed by atoms with E-state index < -0.39 is 14.6 Å². The SMILES string of the molecule is C[N+]1(C)CCN([C@H]2CS(=O)(=O)[C@@]23C[C@H]2C=C[C@H]3C2)CC1. The van der Waals surface area contributed by atoms with Gasteiger partial charge in [-0.25, -0.2) is 8.42 Å². The highest BCUT2D eigenvalue weighted by molar-refractivity contribution is 7.94. The van der Waals surface area contributed by atoms with Crippen molar-refractivity contribution in [2.75, 3.05) is 46.0 Å². The van der Waals surface area contributed by atoms with Gasteiger partial charge >= 0.3 is 0 Å². The third-order valence-electron chi connectivity index (χ3n) is 6.33. The first-order valence-electron chi connectivity index (χ1n) is 7.81. The number of sulfone groups is 1. The van der Waals surface area contributed by atoms with Crippen LogP contribution in [0.3, 0.4) is 0 Å². The van der Waals surface area contributed by atoms with Crippen molar-refractivity contribution in [1.82, 2.24) is 4.90 Å². The van der Waals surface area contributed by atoms with Crippen LogP contribution in [0.4, 0.5) is 0 Å². The number of quaternary nitrogens is 1. The van der Waals surface area contributed by atoms with Gasteiger partial charge in [0.15, 0.2) is 9.84 Å². The fourth-order valence-corrected chi connectivity index (χ4v) is 7.64. The van der Waals surface area contributed by atoms with Crippen molar-refractivity contribution >= 4 is 9.84 Å². The third kappa shape index (κ3) is 1.57. The van der Waals surface area contributed by atoms with Gasteiger partial charge in [0.05, 0.1) is 37.7 Å². The summed E-state index contributed by atoms with van der Waals surface area (Å²) in [7, 11) is 1.66. The average molecular weight is 297 g/mol. The standard InChI is InChI=1S/C15H25N2O2S/c1-17(2)7-5-16(6-8-17)14-11-20(18,19)15(14)10-12-3-4-13(15)9-12/h3-4,12-14H,5-11H2,1-2H3/q+1/t12-,13-,14-,15+/m0/s1. The number of fused-ring (bicyclic) bond motifs is 3. The minimum absolute atomic E-state index is 0.285. The molecule has 112 valence electrons. The zero-order valence-corrected chi connectivity index (χ0v) is 13.3. The van der Waals surface area contributed by atoms with Crippen molar-refractivity contribution in [3.05, 3.63) is 12.2 Å². The van der Waals surface area contributed by atoms with Gasteiger partial charge in [-0.3, -0.25) is 4.90 Å². The highest BCUT2D eigenvalue weighted by atomic mass is 32.2. The molecule has 3 fully saturated rings. The molecular weight excluding hydrogens is 272 g/mol. The smallest absolute Gasteiger partial charge is 0.159 e. The van der Waals surface area contributed by atoms with Crippen molar-refractivity contribution in [2.45, 2.75) is 23.6 Å². The number of allylic oxidation sites excluding steroid dienone is 2. The molecule has 0 N–H and O–H groups in total. The predicted octanol–water partition coefficient (Wildman–Crippen LogP) is 0.510. The molecule has 4 aliphatic rings. The van der Waals surface area contributed by atoms with E-state index in [1.54, 1.807) is 0 Å². The molecule has 0 radical (unpaired) electrons. The van der Waals surface area contributed by atoms with Crippen molar-refractivity contribution in [1.29, 1.82) is 0 Å². The molecule has 2 aliphatic carbocycles. The quantitative estimate of drug-likeness (QED) is 0.523. The summed E-state index contributed by atoms with van der Waals surface area (Å²) in [6, 6.07) is 0.285. The molecule has 0 aromatic carbocycles. The van der Waals surface area contributed by atoms with Crippen LogP contribution < -0.4 is 0 Å². The van der Waals surface area contributed by atoms with Gasteiger partial charge in [0.1, 0.15) is 0 Å². The van der Waals surface area contributed by atoms with Gasteiger partial charge in [-0.15, -0.1) is 0 Å². The molecule has 1 saturated carbocycles. The zero-order valence-electron chi connectivity index (χ0n) is 12.5. The third-order valence-corrected chi connectivity index (χ3v) is 8.98. The van der Waals surface area contributed by atoms with Gasteiger partial charge in [0.2, 0.25) is 0 Å². The van der Waals surface area contributed by atoms with Gasteiger partial charge in [0.25, 0.3) is 0 Å². The van der Waals surface area contributed by atoms with Crippen LogP contribution in [0.1, 0.15) is 12.8 Å². The Morgan fingerprint density at radius 1 is 1.20 bits per heavy atom. The maximum atomic E-state index is 12.5. The van der Waals surface area contributed by atoms with Gasteiger partial charge in [-0.1, -0.05) is 12.2 Å². The van der Waals surface area contributed by atoms with E-state index in [0.717, 1.165) is 43.5 Å². The lowest BCUT2D eigenvalue weighted by Crippen LogP contribution is -2.73. The molecule has 5 heteroatoms. The Kier molecular flexibility index (Phi) is 2.57. The monoisotopic (exact) mass is 297 g/mol. The van der Waals surface area contributed by atoms with E-state index >= 15 is 0 Å². The second-order valence-corrected chi connectivity index (χ2v) is 10.2. The molecule has 2 bridgehead atoms. The number of likely N-dealkylation sites (N-methyl/N-ethyl adjacent to an activating group) is 1. The zero-order chi connectivity index (χ0) is 14.2. The first-order chi connectivity index (χ1) is 9.34. The van der Waals surface area contributed by atoms with Gasteiger partial charge in [0, 0.05) is 19.1 Å². The Hall–Kier alpha value is -0.390. The normalized spacial score (nSPS) is 48.6. The summed E-state index contributed by atoms with van der Waals surface area (Å²) in [5.74, 6) is 1.22. The Morgan fingerprint density at radius 2 is 1.90 bits per heavy atom. The Balaban J connectivity index is 1.60. The molecule has 4 atom stereocenters. The van der Waals surface area contributed by atoms with Gasteiger partial charge in [-0.2, -0.15) is 0 Å². The minimum Gasteiger partial charge on any atom is -0.326 e. The summed E-state index contributed by atoms with van der Waals surface area (Å²) in [5, 5.41) is 0. The molecule has 0 aromatic rings. The largest absolute Gasteiger partial charge is 0.326 e. The summed E-state index contributed by atoms with van der Waals surface area (Å²) < 4.78 is 25.7. The molecule has 4 rings (SSSR count). The van der Waals surface area contributed by atoms with Crippen LogP contribution in [0, 0.1) is 11.8 Å². The summed E-state index contributed by atoms with van der Waals surface area (Å²) in [5.41, 5.74) is 0. The fraction of sp³-hybridized carbons (Fsp3) is 0.867. The lowest BCUT2D eigenvalue weighted by Gasteiger charge is -2.56. The van der Waals surface area contributed by atoms with E-state index in [9.17, 15) is 8.42 Å². The topological polar surface area (TPSA) is 37.4 Å². The van der Waals surface area contributed by atoms with Crippen LogP contribution in [-0.2, 0) is 9.84 Å². The fourth-order valence-electron chi connectivity index (χ4n) is 4.95. The summed E-state index contributed by atoms with van der Waals surface area (Å²) >= 11 is 0. The Bertz CT molecular complexity index is 558. The molecule has 1 spiro atoms. The summed E-state index contributed by atoms with van der Waals surface area (Å²) in [6.45, 7) is 4.37. The molecule has 2 saturated heterocycles. The second kappa shape index (κ2) is 3.87. The van der Waals surface area contributed by atoms with E-state index in [1.165, 1.54) is 0 Å². The molecule has 2 heterocycles. The number of piperazine rings is 1. The molecular formula is C15H25N2O2S+. The lowest BCUT2D eigenvalue weighted by atomic mass is 9.84. The maximum Gasteiger partial charge on any atom is 0.159 e. The lowest BCUT2D eigenvalue weighted by molar-refractivity contribution is -0.894. The van der Waals surface area contributed by atoms with Crippen LogP contribution in [0.15, 0.2) is 12.2 Å². The minimum atomic E-state index is -2.88. The van der Waals surface area contributed by atoms with Crippen LogP contribution in [-0.4, -0.2) is 74.6 Å². The molecule has 4 nitrogen and oxygen atoms in total. The van der Waals surface area contributed by atoms with Crippen LogP contribution in [0.5, 0.6) is 0 Å². The Morgan fingerprint density at radius 3 is 2.40 bits per heavy atom. The Labute approximate surface area is 121 Å². The van der Waals surface area contributed by atoms with Crippen molar-refractivity contribution in [3.8, 4) is 0 Å². The first kappa shape index (κ1) is 13.3. The van der Waals surface area contributed by atoms with Gasteiger partial charge in [-0.05, 0) is 24.7 Å². The van der Waals surface area contributed by atoms with Crippen molar-refractivity contribution < 1.29 is 12.9 Å². The molecule has 0 unspecified atom stereocenters. The van der Waals surface area contributed by atoms with E-state index in [-0.39, 0.29) is 6.04 Å². The molecule has 20 heavy (non-hydrogen) atoms. The molecule has 2 aliphatic heterocycles. The average Bonchev–Trinajstić information content (AvgIpc) is 2.98. The highest BCUT2D eigenvalue weighted by Crippen LogP contribution is 2.58. The van der Waals surface area contributed by atoms with Crippen molar-refractivity contribution in [3.63, 3.8) is 0 Å². The molecule has 0 amide bonds. The maximum absolute atomic E-state index is 12.5. The van der Waals surface area contributed by atoms with E-state index in [4.69, 9.17) is 0 Å². The van der Waals surface area contributed by atoms with E-state index in [2.05, 4.69) is 31.1 Å². The van der Waals surface area contributed by atoms with E-state index in [0.29, 0.717) is 17.6 Å². The number of hydrogen-bond acceptors (Lipinski definition) is 3. The number of hydrogen-bond donors (Lipinski definition) is 0. The second-order valence-electron chi connectivity index (χ2n) is 7.86. The van der Waals surface area contributed by atoms with Crippen LogP contribution >= 0.6 is 0 Å². The number of rotatable bonds is 1. The van der Waals surface area contributed by atoms with E-state index in [1.807, 2.05) is 0 Å². The summed E-state index contributed by atoms with van der Waals surface area (Å²) in [4.78, 5) is 2.49. The van der Waals surface area contributed by atoms with Crippen molar-refractivity contribution in [2.24, 2.45) is 11.8 Å².